The predicted molar refractivity (Wildman–Crippen MR) is 84.5 cm³/mol. The zero-order valence-electron chi connectivity index (χ0n) is 12.2. The number of nitrogens with one attached hydrogen (secondary N) is 2. The first kappa shape index (κ1) is 15.2. The summed E-state index contributed by atoms with van der Waals surface area (Å²) in [5.41, 5.74) is 8.25. The third-order valence-electron chi connectivity index (χ3n) is 3.14. The van der Waals surface area contributed by atoms with Gasteiger partial charge in [0.05, 0.1) is 5.69 Å². The molecule has 0 aromatic carbocycles. The van der Waals surface area contributed by atoms with Crippen LogP contribution in [0.4, 0.5) is 5.69 Å². The van der Waals surface area contributed by atoms with E-state index in [0.29, 0.717) is 10.6 Å². The molecule has 2 aromatic heterocycles. The number of nitrogens with two attached hydrogens (primary N) is 1. The number of hydrogen-bond acceptors (Lipinski definition) is 5. The highest BCUT2D eigenvalue weighted by molar-refractivity contribution is 7.21. The summed E-state index contributed by atoms with van der Waals surface area (Å²) in [6, 6.07) is 1.92. The molecule has 0 aliphatic heterocycles. The van der Waals surface area contributed by atoms with E-state index in [-0.39, 0.29) is 24.8 Å². The number of fused-ring (bicyclic) bond motifs is 1. The number of aryl methyl sites for hydroxylation is 2. The number of pyridine rings is 1. The van der Waals surface area contributed by atoms with Crippen LogP contribution in [0.2, 0.25) is 0 Å². The summed E-state index contributed by atoms with van der Waals surface area (Å²) >= 11 is 1.35. The Hall–Kier alpha value is -2.15. The molecule has 0 bridgehead atoms. The molecule has 0 spiro atoms. The fourth-order valence-electron chi connectivity index (χ4n) is 2.14. The van der Waals surface area contributed by atoms with Gasteiger partial charge in [0.1, 0.15) is 4.88 Å². The summed E-state index contributed by atoms with van der Waals surface area (Å²) in [5.74, 6) is -0.370. The Labute approximate surface area is 126 Å². The minimum absolute atomic E-state index is 0.115. The molecule has 2 aromatic rings. The smallest absolute Gasteiger partial charge is 0.263 e. The molecule has 2 amide bonds. The molecule has 2 heterocycles. The Kier molecular flexibility index (Phi) is 4.42. The molecule has 0 saturated heterocycles. The first-order valence-corrected chi connectivity index (χ1v) is 7.40. The van der Waals surface area contributed by atoms with Gasteiger partial charge in [-0.1, -0.05) is 0 Å². The molecule has 0 atom stereocenters. The number of carbonyl (C=O) groups excluding carboxylic acids is 2. The lowest BCUT2D eigenvalue weighted by Crippen LogP contribution is -2.29. The maximum absolute atomic E-state index is 12.2. The van der Waals surface area contributed by atoms with Crippen molar-refractivity contribution in [2.24, 2.45) is 0 Å². The van der Waals surface area contributed by atoms with Gasteiger partial charge < -0.3 is 16.4 Å². The van der Waals surface area contributed by atoms with E-state index in [4.69, 9.17) is 5.73 Å². The molecule has 112 valence electrons. The molecule has 7 heteroatoms. The number of anilines is 1. The Morgan fingerprint density at radius 3 is 2.76 bits per heavy atom. The quantitative estimate of drug-likeness (QED) is 0.794. The largest absolute Gasteiger partial charge is 0.397 e. The molecule has 2 rings (SSSR count). The highest BCUT2D eigenvalue weighted by Gasteiger charge is 2.18. The van der Waals surface area contributed by atoms with Crippen molar-refractivity contribution in [3.8, 4) is 0 Å². The average Bonchev–Trinajstić information content (AvgIpc) is 2.75. The van der Waals surface area contributed by atoms with E-state index in [1.807, 2.05) is 19.9 Å². The summed E-state index contributed by atoms with van der Waals surface area (Å²) in [4.78, 5) is 28.1. The lowest BCUT2D eigenvalue weighted by Gasteiger charge is -2.04. The monoisotopic (exact) mass is 306 g/mol. The van der Waals surface area contributed by atoms with E-state index in [1.165, 1.54) is 11.3 Å². The maximum atomic E-state index is 12.2. The number of aromatic nitrogens is 1. The molecular weight excluding hydrogens is 288 g/mol. The van der Waals surface area contributed by atoms with Crippen LogP contribution >= 0.6 is 11.3 Å². The van der Waals surface area contributed by atoms with Gasteiger partial charge in [-0.3, -0.25) is 14.6 Å². The van der Waals surface area contributed by atoms with Crippen LogP contribution in [0.25, 0.3) is 10.1 Å². The van der Waals surface area contributed by atoms with E-state index >= 15 is 0 Å². The Morgan fingerprint density at radius 1 is 1.38 bits per heavy atom. The summed E-state index contributed by atoms with van der Waals surface area (Å²) in [7, 11) is 1.56. The van der Waals surface area contributed by atoms with E-state index in [9.17, 15) is 9.59 Å². The third-order valence-corrected chi connectivity index (χ3v) is 4.29. The van der Waals surface area contributed by atoms with E-state index in [2.05, 4.69) is 15.6 Å². The molecule has 6 nitrogen and oxygen atoms in total. The average molecular weight is 306 g/mol. The van der Waals surface area contributed by atoms with Crippen LogP contribution in [-0.2, 0) is 4.79 Å². The van der Waals surface area contributed by atoms with Gasteiger partial charge in [-0.05, 0) is 19.9 Å². The van der Waals surface area contributed by atoms with Crippen molar-refractivity contribution in [1.82, 2.24) is 15.6 Å². The second-order valence-electron chi connectivity index (χ2n) is 4.75. The lowest BCUT2D eigenvalue weighted by molar-refractivity contribution is -0.120. The van der Waals surface area contributed by atoms with Crippen molar-refractivity contribution in [2.75, 3.05) is 19.3 Å². The molecule has 0 unspecified atom stereocenters. The van der Waals surface area contributed by atoms with Gasteiger partial charge in [0.15, 0.2) is 0 Å². The third kappa shape index (κ3) is 3.13. The first-order chi connectivity index (χ1) is 9.93. The number of thiophene rings is 1. The summed E-state index contributed by atoms with van der Waals surface area (Å²) < 4.78 is 0.953. The van der Waals surface area contributed by atoms with Crippen LogP contribution in [0.1, 0.15) is 27.5 Å². The second-order valence-corrected chi connectivity index (χ2v) is 5.80. The lowest BCUT2D eigenvalue weighted by atomic mass is 10.2. The molecule has 21 heavy (non-hydrogen) atoms. The van der Waals surface area contributed by atoms with Crippen molar-refractivity contribution >= 4 is 38.9 Å². The molecule has 0 aliphatic rings. The van der Waals surface area contributed by atoms with E-state index < -0.39 is 0 Å². The van der Waals surface area contributed by atoms with Gasteiger partial charge in [0.2, 0.25) is 5.91 Å². The van der Waals surface area contributed by atoms with Crippen LogP contribution in [-0.4, -0.2) is 30.4 Å². The van der Waals surface area contributed by atoms with Gasteiger partial charge in [0, 0.05) is 41.5 Å². The summed E-state index contributed by atoms with van der Waals surface area (Å²) in [6.07, 6.45) is 0.243. The van der Waals surface area contributed by atoms with Crippen LogP contribution in [0.15, 0.2) is 6.07 Å². The zero-order chi connectivity index (χ0) is 15.6. The summed E-state index contributed by atoms with van der Waals surface area (Å²) in [6.45, 7) is 4.07. The molecule has 0 fully saturated rings. The first-order valence-electron chi connectivity index (χ1n) is 6.59. The number of amides is 2. The van der Waals surface area contributed by atoms with E-state index in [0.717, 1.165) is 21.5 Å². The predicted octanol–water partition coefficient (Wildman–Crippen LogP) is 1.36. The molecule has 0 aliphatic carbocycles. The number of nitrogens with zero attached hydrogens (tertiary/aromatic N) is 1. The molecular formula is C14H18N4O2S. The Balaban J connectivity index is 2.22. The Morgan fingerprint density at radius 2 is 2.10 bits per heavy atom. The van der Waals surface area contributed by atoms with Gasteiger partial charge in [-0.15, -0.1) is 11.3 Å². The van der Waals surface area contributed by atoms with Crippen molar-refractivity contribution in [2.45, 2.75) is 20.3 Å². The summed E-state index contributed by atoms with van der Waals surface area (Å²) in [5, 5.41) is 6.05. The maximum Gasteiger partial charge on any atom is 0.263 e. The highest BCUT2D eigenvalue weighted by atomic mass is 32.1. The second kappa shape index (κ2) is 6.09. The number of rotatable bonds is 4. The normalized spacial score (nSPS) is 10.6. The minimum Gasteiger partial charge on any atom is -0.397 e. The molecule has 4 N–H and O–H groups in total. The number of hydrogen-bond donors (Lipinski definition) is 3. The minimum atomic E-state index is -0.255. The fourth-order valence-corrected chi connectivity index (χ4v) is 3.33. The zero-order valence-corrected chi connectivity index (χ0v) is 13.1. The van der Waals surface area contributed by atoms with Crippen LogP contribution in [0.3, 0.4) is 0 Å². The van der Waals surface area contributed by atoms with Crippen molar-refractivity contribution < 1.29 is 9.59 Å². The Bertz CT molecular complexity index is 709. The van der Waals surface area contributed by atoms with Crippen LogP contribution in [0.5, 0.6) is 0 Å². The molecule has 0 saturated carbocycles. The molecule has 0 radical (unpaired) electrons. The van der Waals surface area contributed by atoms with Gasteiger partial charge >= 0.3 is 0 Å². The van der Waals surface area contributed by atoms with Gasteiger partial charge in [-0.25, -0.2) is 0 Å². The van der Waals surface area contributed by atoms with Crippen molar-refractivity contribution in [1.29, 1.82) is 0 Å². The SMILES string of the molecule is CNC(=O)CCNC(=O)c1sc2cc(C)nc(C)c2c1N. The van der Waals surface area contributed by atoms with Gasteiger partial charge in [0.25, 0.3) is 5.91 Å². The topological polar surface area (TPSA) is 97.1 Å². The van der Waals surface area contributed by atoms with Crippen molar-refractivity contribution in [3.63, 3.8) is 0 Å². The van der Waals surface area contributed by atoms with E-state index in [1.54, 1.807) is 7.05 Å². The number of nitrogen functional groups attached to an aromatic ring is 1. The van der Waals surface area contributed by atoms with Gasteiger partial charge in [-0.2, -0.15) is 0 Å². The van der Waals surface area contributed by atoms with Crippen LogP contribution < -0.4 is 16.4 Å². The van der Waals surface area contributed by atoms with Crippen molar-refractivity contribution in [3.05, 3.63) is 22.3 Å². The fraction of sp³-hybridized carbons (Fsp3) is 0.357. The van der Waals surface area contributed by atoms with Crippen LogP contribution in [0, 0.1) is 13.8 Å². The standard InChI is InChI=1S/C14H18N4O2S/c1-7-6-9-11(8(2)18-7)12(15)13(21-9)14(20)17-5-4-10(19)16-3/h6H,4-5,15H2,1-3H3,(H,16,19)(H,17,20). The number of carbonyl (C=O) groups is 2. The highest BCUT2D eigenvalue weighted by Crippen LogP contribution is 2.35.